The van der Waals surface area contributed by atoms with E-state index in [1.807, 2.05) is 6.92 Å². The Kier molecular flexibility index (Phi) is 7.88. The number of thioether (sulfide) groups is 1. The number of nitrogens with one attached hydrogen (secondary N) is 1. The van der Waals surface area contributed by atoms with Gasteiger partial charge in [-0.2, -0.15) is 0 Å². The third kappa shape index (κ3) is 5.67. The quantitative estimate of drug-likeness (QED) is 0.637. The SMILES string of the molecule is CCOC(=O)c1ccc(N=C2S[C@H](C(=O)Nc3ccc(OC)cc3)CC(=O)N2CC)cc1. The number of hydrogen-bond donors (Lipinski definition) is 1. The van der Waals surface area contributed by atoms with Crippen LogP contribution < -0.4 is 10.1 Å². The zero-order valence-electron chi connectivity index (χ0n) is 18.2. The van der Waals surface area contributed by atoms with Crippen molar-refractivity contribution in [1.82, 2.24) is 4.90 Å². The summed E-state index contributed by atoms with van der Waals surface area (Å²) in [5.74, 6) is -0.149. The summed E-state index contributed by atoms with van der Waals surface area (Å²) >= 11 is 1.24. The van der Waals surface area contributed by atoms with Gasteiger partial charge < -0.3 is 14.8 Å². The van der Waals surface area contributed by atoms with Crippen LogP contribution in [0.5, 0.6) is 5.75 Å². The zero-order valence-corrected chi connectivity index (χ0v) is 19.0. The second kappa shape index (κ2) is 10.8. The van der Waals surface area contributed by atoms with Gasteiger partial charge in [-0.05, 0) is 62.4 Å². The predicted molar refractivity (Wildman–Crippen MR) is 125 cm³/mol. The number of methoxy groups -OCH3 is 1. The summed E-state index contributed by atoms with van der Waals surface area (Å²) in [7, 11) is 1.57. The van der Waals surface area contributed by atoms with E-state index in [4.69, 9.17) is 9.47 Å². The number of nitrogens with zero attached hydrogens (tertiary/aromatic N) is 2. The normalized spacial score (nSPS) is 17.2. The highest BCUT2D eigenvalue weighted by atomic mass is 32.2. The summed E-state index contributed by atoms with van der Waals surface area (Å²) in [5.41, 5.74) is 1.62. The van der Waals surface area contributed by atoms with Crippen molar-refractivity contribution in [2.75, 3.05) is 25.6 Å². The van der Waals surface area contributed by atoms with E-state index in [1.54, 1.807) is 67.5 Å². The summed E-state index contributed by atoms with van der Waals surface area (Å²) in [6, 6.07) is 13.6. The van der Waals surface area contributed by atoms with E-state index in [0.717, 1.165) is 0 Å². The number of rotatable bonds is 7. The lowest BCUT2D eigenvalue weighted by Gasteiger charge is -2.30. The molecule has 1 heterocycles. The van der Waals surface area contributed by atoms with E-state index in [1.165, 1.54) is 11.8 Å². The van der Waals surface area contributed by atoms with Gasteiger partial charge in [0.05, 0.1) is 25.0 Å². The molecular formula is C23H25N3O5S. The van der Waals surface area contributed by atoms with E-state index in [2.05, 4.69) is 10.3 Å². The summed E-state index contributed by atoms with van der Waals surface area (Å²) in [6.45, 7) is 4.34. The van der Waals surface area contributed by atoms with E-state index >= 15 is 0 Å². The number of carbonyl (C=O) groups is 3. The third-order valence-corrected chi connectivity index (χ3v) is 5.90. The molecule has 0 spiro atoms. The first kappa shape index (κ1) is 23.3. The van der Waals surface area contributed by atoms with Crippen LogP contribution in [0.3, 0.4) is 0 Å². The van der Waals surface area contributed by atoms with Crippen molar-refractivity contribution in [2.24, 2.45) is 4.99 Å². The van der Waals surface area contributed by atoms with Crippen molar-refractivity contribution in [3.8, 4) is 5.75 Å². The van der Waals surface area contributed by atoms with E-state index in [0.29, 0.717) is 41.0 Å². The van der Waals surface area contributed by atoms with Crippen LogP contribution in [0.25, 0.3) is 0 Å². The molecule has 2 amide bonds. The summed E-state index contributed by atoms with van der Waals surface area (Å²) in [4.78, 5) is 43.4. The molecule has 0 aliphatic carbocycles. The molecule has 2 aromatic carbocycles. The van der Waals surface area contributed by atoms with Crippen LogP contribution in [0.15, 0.2) is 53.5 Å². The molecule has 1 saturated heterocycles. The molecule has 3 rings (SSSR count). The van der Waals surface area contributed by atoms with Gasteiger partial charge in [0.2, 0.25) is 11.8 Å². The topological polar surface area (TPSA) is 97.3 Å². The number of amidine groups is 1. The Morgan fingerprint density at radius 3 is 2.41 bits per heavy atom. The fraction of sp³-hybridized carbons (Fsp3) is 0.304. The molecule has 2 aromatic rings. The summed E-state index contributed by atoms with van der Waals surface area (Å²) in [5, 5.41) is 2.68. The average Bonchev–Trinajstić information content (AvgIpc) is 2.80. The van der Waals surface area contributed by atoms with Crippen LogP contribution in [-0.4, -0.2) is 53.4 Å². The van der Waals surface area contributed by atoms with E-state index in [-0.39, 0.29) is 18.2 Å². The maximum atomic E-state index is 12.8. The Morgan fingerprint density at radius 2 is 1.81 bits per heavy atom. The molecule has 0 aromatic heterocycles. The highest BCUT2D eigenvalue weighted by Crippen LogP contribution is 2.30. The van der Waals surface area contributed by atoms with E-state index in [9.17, 15) is 14.4 Å². The Labute approximate surface area is 191 Å². The number of amides is 2. The molecule has 1 N–H and O–H groups in total. The second-order valence-electron chi connectivity index (χ2n) is 6.83. The standard InChI is InChI=1S/C23H25N3O5S/c1-4-26-20(27)14-19(21(28)24-16-10-12-18(30-3)13-11-16)32-23(26)25-17-8-6-15(7-9-17)22(29)31-5-2/h6-13,19H,4-5,14H2,1-3H3,(H,24,28)/t19-/m0/s1. The fourth-order valence-electron chi connectivity index (χ4n) is 3.05. The number of esters is 1. The molecule has 1 aliphatic heterocycles. The van der Waals surface area contributed by atoms with Crippen LogP contribution in [0, 0.1) is 0 Å². The van der Waals surface area contributed by atoms with Gasteiger partial charge in [-0.15, -0.1) is 0 Å². The van der Waals surface area contributed by atoms with Crippen molar-refractivity contribution >= 4 is 46.1 Å². The molecule has 32 heavy (non-hydrogen) atoms. The minimum atomic E-state index is -0.607. The van der Waals surface area contributed by atoms with Crippen molar-refractivity contribution in [1.29, 1.82) is 0 Å². The molecule has 0 radical (unpaired) electrons. The van der Waals surface area contributed by atoms with Gasteiger partial charge in [0, 0.05) is 18.7 Å². The predicted octanol–water partition coefficient (Wildman–Crippen LogP) is 3.85. The molecule has 9 heteroatoms. The average molecular weight is 456 g/mol. The van der Waals surface area contributed by atoms with Gasteiger partial charge in [0.1, 0.15) is 11.0 Å². The van der Waals surface area contributed by atoms with Crippen LogP contribution in [-0.2, 0) is 14.3 Å². The van der Waals surface area contributed by atoms with Crippen molar-refractivity contribution in [3.63, 3.8) is 0 Å². The lowest BCUT2D eigenvalue weighted by molar-refractivity contribution is -0.129. The number of carbonyl (C=O) groups excluding carboxylic acids is 3. The maximum absolute atomic E-state index is 12.8. The number of anilines is 1. The Bertz CT molecular complexity index is 1010. The molecule has 0 bridgehead atoms. The number of aliphatic imine (C=N–C) groups is 1. The number of ether oxygens (including phenoxy) is 2. The lowest BCUT2D eigenvalue weighted by atomic mass is 10.2. The second-order valence-corrected chi connectivity index (χ2v) is 8.00. The van der Waals surface area contributed by atoms with Crippen molar-refractivity contribution < 1.29 is 23.9 Å². The Balaban J connectivity index is 1.76. The molecule has 1 aliphatic rings. The molecule has 8 nitrogen and oxygen atoms in total. The van der Waals surface area contributed by atoms with Crippen molar-refractivity contribution in [3.05, 3.63) is 54.1 Å². The zero-order chi connectivity index (χ0) is 23.1. The van der Waals surface area contributed by atoms with Gasteiger partial charge in [-0.3, -0.25) is 14.5 Å². The van der Waals surface area contributed by atoms with Crippen LogP contribution in [0.1, 0.15) is 30.6 Å². The minimum absolute atomic E-state index is 0.0846. The van der Waals surface area contributed by atoms with Crippen LogP contribution in [0.2, 0.25) is 0 Å². The van der Waals surface area contributed by atoms with Gasteiger partial charge >= 0.3 is 5.97 Å². The number of hydrogen-bond acceptors (Lipinski definition) is 7. The van der Waals surface area contributed by atoms with E-state index < -0.39 is 11.2 Å². The maximum Gasteiger partial charge on any atom is 0.338 e. The lowest BCUT2D eigenvalue weighted by Crippen LogP contribution is -2.45. The Morgan fingerprint density at radius 1 is 1.12 bits per heavy atom. The van der Waals surface area contributed by atoms with Gasteiger partial charge in [0.25, 0.3) is 0 Å². The highest BCUT2D eigenvalue weighted by Gasteiger charge is 2.35. The Hall–Kier alpha value is -3.33. The summed E-state index contributed by atoms with van der Waals surface area (Å²) < 4.78 is 10.1. The third-order valence-electron chi connectivity index (χ3n) is 4.71. The molecule has 1 fully saturated rings. The number of benzene rings is 2. The molecule has 1 atom stereocenters. The van der Waals surface area contributed by atoms with Gasteiger partial charge in [-0.1, -0.05) is 11.8 Å². The molecule has 0 saturated carbocycles. The van der Waals surface area contributed by atoms with Gasteiger partial charge in [-0.25, -0.2) is 9.79 Å². The van der Waals surface area contributed by atoms with Gasteiger partial charge in [0.15, 0.2) is 5.17 Å². The summed E-state index contributed by atoms with van der Waals surface area (Å²) in [6.07, 6.45) is 0.0846. The first-order chi connectivity index (χ1) is 15.4. The largest absolute Gasteiger partial charge is 0.497 e. The highest BCUT2D eigenvalue weighted by molar-refractivity contribution is 8.15. The smallest absolute Gasteiger partial charge is 0.338 e. The molecular weight excluding hydrogens is 430 g/mol. The minimum Gasteiger partial charge on any atom is -0.497 e. The van der Waals surface area contributed by atoms with Crippen LogP contribution in [0.4, 0.5) is 11.4 Å². The molecule has 168 valence electrons. The first-order valence-corrected chi connectivity index (χ1v) is 11.1. The first-order valence-electron chi connectivity index (χ1n) is 10.2. The van der Waals surface area contributed by atoms with Crippen molar-refractivity contribution in [2.45, 2.75) is 25.5 Å². The fourth-order valence-corrected chi connectivity index (χ4v) is 4.21. The molecule has 0 unspecified atom stereocenters. The monoisotopic (exact) mass is 455 g/mol. The van der Waals surface area contributed by atoms with Crippen LogP contribution >= 0.6 is 11.8 Å².